The summed E-state index contributed by atoms with van der Waals surface area (Å²) < 4.78 is 40.2. The maximum atomic E-state index is 12.2. The second-order valence-corrected chi connectivity index (χ2v) is 6.67. The van der Waals surface area contributed by atoms with Crippen LogP contribution in [0.1, 0.15) is 18.4 Å². The summed E-state index contributed by atoms with van der Waals surface area (Å²) in [7, 11) is 0. The molecule has 1 aromatic carbocycles. The van der Waals surface area contributed by atoms with Gasteiger partial charge >= 0.3 is 6.36 Å². The molecule has 134 valence electrons. The number of halogens is 3. The van der Waals surface area contributed by atoms with Crippen molar-refractivity contribution >= 4 is 22.9 Å². The molecule has 1 N–H and O–H groups in total. The molecular weight excluding hydrogens is 353 g/mol. The van der Waals surface area contributed by atoms with E-state index in [4.69, 9.17) is 0 Å². The highest BCUT2D eigenvalue weighted by atomic mass is 32.1. The second-order valence-electron chi connectivity index (χ2n) is 5.89. The van der Waals surface area contributed by atoms with Crippen molar-refractivity contribution in [2.75, 3.05) is 11.9 Å². The summed E-state index contributed by atoms with van der Waals surface area (Å²) in [5, 5.41) is 6.78. The van der Waals surface area contributed by atoms with E-state index in [9.17, 15) is 18.0 Å². The van der Waals surface area contributed by atoms with Crippen molar-refractivity contribution in [3.63, 3.8) is 0 Å². The van der Waals surface area contributed by atoms with Crippen LogP contribution in [0.4, 0.5) is 18.9 Å². The summed E-state index contributed by atoms with van der Waals surface area (Å²) in [6, 6.07) is 7.59. The van der Waals surface area contributed by atoms with Gasteiger partial charge in [0.15, 0.2) is 0 Å². The van der Waals surface area contributed by atoms with E-state index in [0.29, 0.717) is 11.7 Å². The van der Waals surface area contributed by atoms with E-state index >= 15 is 0 Å². The standard InChI is InChI=1S/C17H17F3N2O2S/c18-17(19,20)24-15-5-1-13(2-6-15)21-16(23)10-22(14-3-4-14)9-12-7-8-25-11-12/h1-2,5-8,11,14H,3-4,9-10H2,(H,21,23). The Hall–Kier alpha value is -2.06. The molecular formula is C17H17F3N2O2S. The first-order valence-electron chi connectivity index (χ1n) is 7.80. The SMILES string of the molecule is O=C(CN(Cc1ccsc1)C1CC1)Nc1ccc(OC(F)(F)F)cc1. The van der Waals surface area contributed by atoms with Crippen LogP contribution in [0, 0.1) is 0 Å². The maximum absolute atomic E-state index is 12.2. The Morgan fingerprint density at radius 2 is 1.96 bits per heavy atom. The van der Waals surface area contributed by atoms with Gasteiger partial charge in [-0.1, -0.05) is 0 Å². The van der Waals surface area contributed by atoms with Gasteiger partial charge in [0.2, 0.25) is 5.91 Å². The van der Waals surface area contributed by atoms with Gasteiger partial charge in [-0.2, -0.15) is 11.3 Å². The average molecular weight is 370 g/mol. The summed E-state index contributed by atoms with van der Waals surface area (Å²) in [5.41, 5.74) is 1.61. The first-order valence-corrected chi connectivity index (χ1v) is 8.74. The molecule has 0 atom stereocenters. The Morgan fingerprint density at radius 1 is 1.24 bits per heavy atom. The Labute approximate surface area is 147 Å². The highest BCUT2D eigenvalue weighted by Gasteiger charge is 2.31. The third-order valence-electron chi connectivity index (χ3n) is 3.75. The van der Waals surface area contributed by atoms with Crippen molar-refractivity contribution in [2.45, 2.75) is 31.8 Å². The molecule has 1 aromatic heterocycles. The van der Waals surface area contributed by atoms with Gasteiger partial charge in [-0.3, -0.25) is 9.69 Å². The van der Waals surface area contributed by atoms with Gasteiger partial charge in [-0.25, -0.2) is 0 Å². The second kappa shape index (κ2) is 7.45. The molecule has 0 bridgehead atoms. The van der Waals surface area contributed by atoms with Crippen molar-refractivity contribution in [3.8, 4) is 5.75 Å². The molecule has 8 heteroatoms. The highest BCUT2D eigenvalue weighted by molar-refractivity contribution is 7.07. The smallest absolute Gasteiger partial charge is 0.406 e. The van der Waals surface area contributed by atoms with Crippen molar-refractivity contribution in [3.05, 3.63) is 46.7 Å². The van der Waals surface area contributed by atoms with E-state index in [0.717, 1.165) is 19.4 Å². The number of alkyl halides is 3. The topological polar surface area (TPSA) is 41.6 Å². The molecule has 0 radical (unpaired) electrons. The quantitative estimate of drug-likeness (QED) is 0.792. The number of carbonyl (C=O) groups is 1. The Morgan fingerprint density at radius 3 is 2.52 bits per heavy atom. The molecule has 1 fully saturated rings. The van der Waals surface area contributed by atoms with E-state index in [-0.39, 0.29) is 18.2 Å². The Kier molecular flexibility index (Phi) is 5.29. The summed E-state index contributed by atoms with van der Waals surface area (Å²) in [6.07, 6.45) is -2.56. The molecule has 0 aliphatic heterocycles. The highest BCUT2D eigenvalue weighted by Crippen LogP contribution is 2.29. The van der Waals surface area contributed by atoms with E-state index in [1.807, 2.05) is 11.4 Å². The molecule has 1 heterocycles. The fourth-order valence-electron chi connectivity index (χ4n) is 2.50. The van der Waals surface area contributed by atoms with Gasteiger partial charge in [-0.15, -0.1) is 13.2 Å². The maximum Gasteiger partial charge on any atom is 0.573 e. The lowest BCUT2D eigenvalue weighted by Gasteiger charge is -2.21. The largest absolute Gasteiger partial charge is 0.573 e. The molecule has 25 heavy (non-hydrogen) atoms. The van der Waals surface area contributed by atoms with Gasteiger partial charge in [-0.05, 0) is 59.5 Å². The molecule has 0 saturated heterocycles. The van der Waals surface area contributed by atoms with E-state index in [2.05, 4.69) is 20.3 Å². The predicted octanol–water partition coefficient (Wildman–Crippen LogP) is 4.25. The first-order chi connectivity index (χ1) is 11.9. The number of rotatable bonds is 7. The van der Waals surface area contributed by atoms with Crippen LogP contribution in [0.2, 0.25) is 0 Å². The third-order valence-corrected chi connectivity index (χ3v) is 4.48. The van der Waals surface area contributed by atoms with Crippen LogP contribution in [0.3, 0.4) is 0 Å². The van der Waals surface area contributed by atoms with Gasteiger partial charge in [0.05, 0.1) is 6.54 Å². The molecule has 1 aliphatic carbocycles. The number of ether oxygens (including phenoxy) is 1. The van der Waals surface area contributed by atoms with Crippen LogP contribution in [0.15, 0.2) is 41.1 Å². The molecule has 0 spiro atoms. The zero-order valence-corrected chi connectivity index (χ0v) is 14.1. The number of nitrogens with zero attached hydrogens (tertiary/aromatic N) is 1. The molecule has 1 aliphatic rings. The number of carbonyl (C=O) groups excluding carboxylic acids is 1. The zero-order chi connectivity index (χ0) is 17.9. The lowest BCUT2D eigenvalue weighted by Crippen LogP contribution is -2.34. The molecule has 0 unspecified atom stereocenters. The van der Waals surface area contributed by atoms with Gasteiger partial charge in [0, 0.05) is 18.3 Å². The van der Waals surface area contributed by atoms with Crippen LogP contribution in [0.25, 0.3) is 0 Å². The van der Waals surface area contributed by atoms with Gasteiger partial charge in [0.1, 0.15) is 5.75 Å². The Bertz CT molecular complexity index is 698. The summed E-state index contributed by atoms with van der Waals surface area (Å²) in [6.45, 7) is 0.973. The normalized spacial score (nSPS) is 14.6. The first kappa shape index (κ1) is 17.8. The molecule has 1 amide bonds. The van der Waals surface area contributed by atoms with Gasteiger partial charge in [0.25, 0.3) is 0 Å². The summed E-state index contributed by atoms with van der Waals surface area (Å²) in [5.74, 6) is -0.505. The van der Waals surface area contributed by atoms with Gasteiger partial charge < -0.3 is 10.1 Å². The van der Waals surface area contributed by atoms with Crippen molar-refractivity contribution < 1.29 is 22.7 Å². The predicted molar refractivity (Wildman–Crippen MR) is 89.5 cm³/mol. The Balaban J connectivity index is 1.54. The van der Waals surface area contributed by atoms with Crippen molar-refractivity contribution in [2.24, 2.45) is 0 Å². The monoisotopic (exact) mass is 370 g/mol. The minimum absolute atomic E-state index is 0.188. The lowest BCUT2D eigenvalue weighted by molar-refractivity contribution is -0.274. The minimum atomic E-state index is -4.73. The van der Waals surface area contributed by atoms with E-state index in [1.54, 1.807) is 11.3 Å². The molecule has 1 saturated carbocycles. The number of hydrogen-bond acceptors (Lipinski definition) is 4. The van der Waals surface area contributed by atoms with Crippen LogP contribution >= 0.6 is 11.3 Å². The van der Waals surface area contributed by atoms with Crippen LogP contribution in [-0.2, 0) is 11.3 Å². The summed E-state index contributed by atoms with van der Waals surface area (Å²) >= 11 is 1.62. The number of benzene rings is 1. The summed E-state index contributed by atoms with van der Waals surface area (Å²) in [4.78, 5) is 14.4. The van der Waals surface area contributed by atoms with Crippen LogP contribution in [0.5, 0.6) is 5.75 Å². The minimum Gasteiger partial charge on any atom is -0.406 e. The van der Waals surface area contributed by atoms with Crippen LogP contribution in [-0.4, -0.2) is 29.8 Å². The number of hydrogen-bond donors (Lipinski definition) is 1. The number of anilines is 1. The number of amides is 1. The van der Waals surface area contributed by atoms with Crippen molar-refractivity contribution in [1.29, 1.82) is 0 Å². The molecule has 4 nitrogen and oxygen atoms in total. The van der Waals surface area contributed by atoms with Crippen LogP contribution < -0.4 is 10.1 Å². The molecule has 3 rings (SSSR count). The fraction of sp³-hybridized carbons (Fsp3) is 0.353. The van der Waals surface area contributed by atoms with Crippen molar-refractivity contribution in [1.82, 2.24) is 4.90 Å². The lowest BCUT2D eigenvalue weighted by atomic mass is 10.3. The average Bonchev–Trinajstić information content (AvgIpc) is 3.25. The van der Waals surface area contributed by atoms with E-state index < -0.39 is 6.36 Å². The number of thiophene rings is 1. The third kappa shape index (κ3) is 5.75. The zero-order valence-electron chi connectivity index (χ0n) is 13.3. The fourth-order valence-corrected chi connectivity index (χ4v) is 3.16. The number of nitrogens with one attached hydrogen (secondary N) is 1. The molecule has 2 aromatic rings. The van der Waals surface area contributed by atoms with E-state index in [1.165, 1.54) is 29.8 Å².